The number of anilines is 2. The van der Waals surface area contributed by atoms with Gasteiger partial charge in [0.25, 0.3) is 5.91 Å². The highest BCUT2D eigenvalue weighted by atomic mass is 16.5. The van der Waals surface area contributed by atoms with E-state index in [4.69, 9.17) is 16.2 Å². The largest absolute Gasteiger partial charge is 0.495 e. The number of benzene rings is 2. The van der Waals surface area contributed by atoms with Gasteiger partial charge in [-0.1, -0.05) is 26.0 Å². The van der Waals surface area contributed by atoms with E-state index in [1.165, 1.54) is 0 Å². The van der Waals surface area contributed by atoms with Gasteiger partial charge in [-0.2, -0.15) is 0 Å². The van der Waals surface area contributed by atoms with E-state index in [2.05, 4.69) is 10.3 Å². The lowest BCUT2D eigenvalue weighted by atomic mass is 9.92. The summed E-state index contributed by atoms with van der Waals surface area (Å²) in [6.45, 7) is 7.85. The van der Waals surface area contributed by atoms with Crippen LogP contribution < -0.4 is 21.5 Å². The number of aromatic nitrogens is 1. The van der Waals surface area contributed by atoms with Gasteiger partial charge in [0.15, 0.2) is 0 Å². The minimum absolute atomic E-state index is 0.0837. The number of nitrogens with two attached hydrogens (primary N) is 2. The minimum Gasteiger partial charge on any atom is -0.495 e. The number of ether oxygens (including phenoxy) is 1. The van der Waals surface area contributed by atoms with Crippen molar-refractivity contribution in [2.75, 3.05) is 18.2 Å². The highest BCUT2D eigenvalue weighted by molar-refractivity contribution is 6.04. The molecule has 168 valence electrons. The van der Waals surface area contributed by atoms with Crippen LogP contribution in [0.5, 0.6) is 5.75 Å². The number of carbonyl (C=O) groups is 2. The van der Waals surface area contributed by atoms with Gasteiger partial charge in [0, 0.05) is 28.9 Å². The van der Waals surface area contributed by atoms with Gasteiger partial charge < -0.3 is 26.5 Å². The predicted molar refractivity (Wildman–Crippen MR) is 129 cm³/mol. The number of nitrogen functional groups attached to an aromatic ring is 1. The Morgan fingerprint density at radius 2 is 1.81 bits per heavy atom. The van der Waals surface area contributed by atoms with Crippen molar-refractivity contribution in [3.05, 3.63) is 53.3 Å². The molecular formula is C25H30N4O3. The van der Waals surface area contributed by atoms with E-state index in [1.54, 1.807) is 19.2 Å². The van der Waals surface area contributed by atoms with Crippen LogP contribution >= 0.6 is 0 Å². The van der Waals surface area contributed by atoms with Gasteiger partial charge in [0.2, 0.25) is 5.91 Å². The molecule has 0 bridgehead atoms. The number of carbonyl (C=O) groups excluding carboxylic acids is 2. The van der Waals surface area contributed by atoms with Gasteiger partial charge in [-0.05, 0) is 60.7 Å². The average molecular weight is 435 g/mol. The number of methoxy groups -OCH3 is 1. The molecular weight excluding hydrogens is 404 g/mol. The number of hydrogen-bond acceptors (Lipinski definition) is 4. The zero-order chi connectivity index (χ0) is 23.6. The summed E-state index contributed by atoms with van der Waals surface area (Å²) < 4.78 is 5.55. The molecule has 0 saturated carbocycles. The third-order valence-electron chi connectivity index (χ3n) is 5.31. The Morgan fingerprint density at radius 1 is 1.09 bits per heavy atom. The Kier molecular flexibility index (Phi) is 6.58. The van der Waals surface area contributed by atoms with E-state index >= 15 is 0 Å². The predicted octanol–water partition coefficient (Wildman–Crippen LogP) is 4.64. The molecule has 0 unspecified atom stereocenters. The van der Waals surface area contributed by atoms with Gasteiger partial charge in [0.1, 0.15) is 11.4 Å². The molecule has 2 amide bonds. The van der Waals surface area contributed by atoms with Crippen LogP contribution in [0.3, 0.4) is 0 Å². The van der Waals surface area contributed by atoms with Gasteiger partial charge >= 0.3 is 0 Å². The molecule has 7 heteroatoms. The van der Waals surface area contributed by atoms with Crippen molar-refractivity contribution >= 4 is 23.2 Å². The lowest BCUT2D eigenvalue weighted by molar-refractivity contribution is -0.116. The Bertz CT molecular complexity index is 1180. The first kappa shape index (κ1) is 22.9. The second-order valence-electron chi connectivity index (χ2n) is 8.37. The van der Waals surface area contributed by atoms with Crippen LogP contribution in [0.2, 0.25) is 0 Å². The number of H-pyrrole nitrogens is 1. The van der Waals surface area contributed by atoms with E-state index in [0.717, 1.165) is 27.9 Å². The molecule has 2 aromatic carbocycles. The molecule has 7 nitrogen and oxygen atoms in total. The molecule has 0 saturated heterocycles. The maximum Gasteiger partial charge on any atom is 0.265 e. The maximum absolute atomic E-state index is 12.3. The van der Waals surface area contributed by atoms with E-state index in [-0.39, 0.29) is 11.8 Å². The topological polar surface area (TPSA) is 123 Å². The molecule has 32 heavy (non-hydrogen) atoms. The molecule has 1 aromatic heterocycles. The van der Waals surface area contributed by atoms with Crippen molar-refractivity contribution in [3.8, 4) is 28.0 Å². The van der Waals surface area contributed by atoms with Crippen molar-refractivity contribution in [3.63, 3.8) is 0 Å². The summed E-state index contributed by atoms with van der Waals surface area (Å²) in [5, 5.41) is 2.90. The Balaban J connectivity index is 2.16. The number of amides is 2. The molecule has 0 aliphatic heterocycles. The quantitative estimate of drug-likeness (QED) is 0.404. The first-order valence-corrected chi connectivity index (χ1v) is 10.5. The van der Waals surface area contributed by atoms with Gasteiger partial charge in [-0.25, -0.2) is 0 Å². The third kappa shape index (κ3) is 4.61. The molecule has 0 aliphatic carbocycles. The van der Waals surface area contributed by atoms with E-state index in [1.807, 2.05) is 52.0 Å². The summed E-state index contributed by atoms with van der Waals surface area (Å²) in [6.07, 6.45) is 0.411. The number of nitrogens with one attached hydrogen (secondary N) is 2. The second kappa shape index (κ2) is 9.18. The molecule has 0 fully saturated rings. The zero-order valence-corrected chi connectivity index (χ0v) is 19.1. The Hall–Kier alpha value is -3.74. The Labute approximate surface area is 188 Å². The van der Waals surface area contributed by atoms with Gasteiger partial charge in [0.05, 0.1) is 12.8 Å². The SMILES string of the molecule is COc1cc(-c2c(C(N)=O)[nH]c(C)c2-c2ccc(N)cc2C)ccc1NC(=O)CC(C)C. The molecule has 0 aliphatic rings. The molecule has 1 heterocycles. The van der Waals surface area contributed by atoms with Crippen LogP contribution in [-0.2, 0) is 4.79 Å². The van der Waals surface area contributed by atoms with Crippen LogP contribution in [-0.4, -0.2) is 23.9 Å². The van der Waals surface area contributed by atoms with Crippen LogP contribution in [0, 0.1) is 19.8 Å². The standard InChI is InChI=1S/C25H30N4O3/c1-13(2)10-21(30)29-19-9-6-16(12-20(19)32-5)23-22(15(4)28-24(23)25(27)31)18-8-7-17(26)11-14(18)3/h6-9,11-13,28H,10,26H2,1-5H3,(H2,27,31)(H,29,30). The fraction of sp³-hybridized carbons (Fsp3) is 0.280. The van der Waals surface area contributed by atoms with Gasteiger partial charge in [-0.3, -0.25) is 9.59 Å². The van der Waals surface area contributed by atoms with Gasteiger partial charge in [-0.15, -0.1) is 0 Å². The van der Waals surface area contributed by atoms with Crippen molar-refractivity contribution in [2.24, 2.45) is 11.7 Å². The van der Waals surface area contributed by atoms with Crippen LogP contribution in [0.25, 0.3) is 22.3 Å². The fourth-order valence-corrected chi connectivity index (χ4v) is 3.92. The number of aryl methyl sites for hydroxylation is 2. The number of primary amides is 1. The van der Waals surface area contributed by atoms with Crippen molar-refractivity contribution in [1.29, 1.82) is 0 Å². The highest BCUT2D eigenvalue weighted by Crippen LogP contribution is 2.41. The second-order valence-corrected chi connectivity index (χ2v) is 8.37. The molecule has 3 aromatic rings. The first-order chi connectivity index (χ1) is 15.1. The van der Waals surface area contributed by atoms with E-state index in [9.17, 15) is 9.59 Å². The summed E-state index contributed by atoms with van der Waals surface area (Å²) in [4.78, 5) is 27.7. The molecule has 3 rings (SSSR count). The lowest BCUT2D eigenvalue weighted by Crippen LogP contribution is -2.14. The molecule has 0 radical (unpaired) electrons. The van der Waals surface area contributed by atoms with E-state index in [0.29, 0.717) is 34.8 Å². The summed E-state index contributed by atoms with van der Waals surface area (Å²) in [5.74, 6) is 0.0936. The van der Waals surface area contributed by atoms with E-state index < -0.39 is 5.91 Å². The smallest absolute Gasteiger partial charge is 0.265 e. The third-order valence-corrected chi connectivity index (χ3v) is 5.31. The number of rotatable bonds is 7. The lowest BCUT2D eigenvalue weighted by Gasteiger charge is -2.15. The first-order valence-electron chi connectivity index (χ1n) is 10.5. The summed E-state index contributed by atoms with van der Waals surface area (Å²) in [5.41, 5.74) is 18.2. The number of aromatic amines is 1. The molecule has 0 spiro atoms. The maximum atomic E-state index is 12.3. The monoisotopic (exact) mass is 434 g/mol. The fourth-order valence-electron chi connectivity index (χ4n) is 3.92. The van der Waals surface area contributed by atoms with Crippen LogP contribution in [0.4, 0.5) is 11.4 Å². The van der Waals surface area contributed by atoms with Crippen molar-refractivity contribution < 1.29 is 14.3 Å². The van der Waals surface area contributed by atoms with Crippen LogP contribution in [0.15, 0.2) is 36.4 Å². The average Bonchev–Trinajstić information content (AvgIpc) is 3.05. The normalized spacial score (nSPS) is 10.9. The molecule has 0 atom stereocenters. The van der Waals surface area contributed by atoms with Crippen molar-refractivity contribution in [2.45, 2.75) is 34.1 Å². The highest BCUT2D eigenvalue weighted by Gasteiger charge is 2.23. The van der Waals surface area contributed by atoms with Crippen molar-refractivity contribution in [1.82, 2.24) is 4.98 Å². The summed E-state index contributed by atoms with van der Waals surface area (Å²) >= 11 is 0. The number of hydrogen-bond donors (Lipinski definition) is 4. The zero-order valence-electron chi connectivity index (χ0n) is 19.1. The molecule has 6 N–H and O–H groups in total. The minimum atomic E-state index is -0.560. The summed E-state index contributed by atoms with van der Waals surface area (Å²) in [6, 6.07) is 11.1. The van der Waals surface area contributed by atoms with Crippen LogP contribution in [0.1, 0.15) is 42.0 Å². The Morgan fingerprint density at radius 3 is 2.41 bits per heavy atom. The summed E-state index contributed by atoms with van der Waals surface area (Å²) in [7, 11) is 1.54.